The molecular formula is C33H33N7O5. The number of carbonyl (C=O) groups excluding carboxylic acids is 3. The number of nitrogens with zero attached hydrogens (tertiary/aromatic N) is 5. The van der Waals surface area contributed by atoms with Crippen LogP contribution < -0.4 is 21.1 Å². The summed E-state index contributed by atoms with van der Waals surface area (Å²) < 4.78 is 8.28. The van der Waals surface area contributed by atoms with E-state index in [-0.39, 0.29) is 29.6 Å². The van der Waals surface area contributed by atoms with Crippen molar-refractivity contribution in [2.24, 2.45) is 14.1 Å². The summed E-state index contributed by atoms with van der Waals surface area (Å²) in [5, 5.41) is 5.53. The van der Waals surface area contributed by atoms with E-state index >= 15 is 0 Å². The summed E-state index contributed by atoms with van der Waals surface area (Å²) in [5.74, 6) is -0.225. The molecule has 4 heterocycles. The molecule has 2 N–H and O–H groups in total. The van der Waals surface area contributed by atoms with Gasteiger partial charge in [0.2, 0.25) is 0 Å². The molecule has 0 radical (unpaired) electrons. The number of pyridine rings is 1. The Kier molecular flexibility index (Phi) is 8.48. The highest BCUT2D eigenvalue weighted by molar-refractivity contribution is 6.14. The van der Waals surface area contributed by atoms with Crippen LogP contribution in [0.2, 0.25) is 0 Å². The smallest absolute Gasteiger partial charge is 0.290 e. The summed E-state index contributed by atoms with van der Waals surface area (Å²) in [7, 11) is 3.35. The van der Waals surface area contributed by atoms with Gasteiger partial charge in [0.25, 0.3) is 23.3 Å². The van der Waals surface area contributed by atoms with Crippen molar-refractivity contribution in [3.63, 3.8) is 0 Å². The van der Waals surface area contributed by atoms with Gasteiger partial charge >= 0.3 is 0 Å². The molecule has 2 aromatic carbocycles. The largest absolute Gasteiger partial charge is 0.381 e. The highest BCUT2D eigenvalue weighted by Crippen LogP contribution is 2.32. The van der Waals surface area contributed by atoms with E-state index in [9.17, 15) is 19.2 Å². The summed E-state index contributed by atoms with van der Waals surface area (Å²) in [6.45, 7) is 7.58. The Morgan fingerprint density at radius 1 is 0.933 bits per heavy atom. The maximum atomic E-state index is 13.5. The molecule has 12 heteroatoms. The molecule has 0 saturated carbocycles. The van der Waals surface area contributed by atoms with E-state index in [4.69, 9.17) is 4.52 Å². The first kappa shape index (κ1) is 30.7. The van der Waals surface area contributed by atoms with Gasteiger partial charge in [-0.2, -0.15) is 4.74 Å². The Balaban J connectivity index is 0.00000196. The van der Waals surface area contributed by atoms with E-state index in [2.05, 4.69) is 20.6 Å². The minimum absolute atomic E-state index is 0.128. The predicted molar refractivity (Wildman–Crippen MR) is 171 cm³/mol. The first-order chi connectivity index (χ1) is 21.6. The molecule has 3 amide bonds. The lowest BCUT2D eigenvalue weighted by atomic mass is 10.1. The topological polar surface area (TPSA) is 144 Å². The number of hydrogen-bond donors (Lipinski definition) is 2. The van der Waals surface area contributed by atoms with E-state index in [1.165, 1.54) is 4.74 Å². The minimum atomic E-state index is -0.501. The Morgan fingerprint density at radius 2 is 1.67 bits per heavy atom. The number of imidazole rings is 1. The van der Waals surface area contributed by atoms with E-state index in [0.29, 0.717) is 56.5 Å². The standard InChI is InChI=1S/C31H27N7O5.C2H6/c1-17-12-23-24(14-38(30(23)41)22-10-8-19(9-11-22)26-18(2)43-37(4)31(26)42)27(33-17)29(40)34-21-7-5-6-20(13-21)28(39)35-25-15-36(3)16-32-25;1-2/h5-13,15-16H,14H2,1-4H3,(H,34,40)(H,35,39);1-2H3. The van der Waals surface area contributed by atoms with Crippen LogP contribution in [0.3, 0.4) is 0 Å². The quantitative estimate of drug-likeness (QED) is 0.274. The molecule has 0 spiro atoms. The van der Waals surface area contributed by atoms with Gasteiger partial charge in [0, 0.05) is 54.1 Å². The van der Waals surface area contributed by atoms with E-state index in [0.717, 1.165) is 0 Å². The monoisotopic (exact) mass is 607 g/mol. The lowest BCUT2D eigenvalue weighted by molar-refractivity contribution is 0.0994. The second-order valence-electron chi connectivity index (χ2n) is 10.3. The molecule has 45 heavy (non-hydrogen) atoms. The van der Waals surface area contributed by atoms with Crippen molar-refractivity contribution in [2.75, 3.05) is 15.5 Å². The van der Waals surface area contributed by atoms with Crippen LogP contribution in [0, 0.1) is 13.8 Å². The first-order valence-electron chi connectivity index (χ1n) is 14.4. The number of fused-ring (bicyclic) bond motifs is 1. The average Bonchev–Trinajstić information content (AvgIpc) is 3.67. The van der Waals surface area contributed by atoms with Crippen molar-refractivity contribution >= 4 is 34.9 Å². The van der Waals surface area contributed by atoms with Crippen molar-refractivity contribution in [2.45, 2.75) is 34.2 Å². The second kappa shape index (κ2) is 12.4. The number of amides is 3. The van der Waals surface area contributed by atoms with E-state index in [1.807, 2.05) is 13.8 Å². The van der Waals surface area contributed by atoms with Crippen molar-refractivity contribution < 1.29 is 18.9 Å². The van der Waals surface area contributed by atoms with Crippen LogP contribution in [0.1, 0.15) is 62.1 Å². The molecular weight excluding hydrogens is 574 g/mol. The van der Waals surface area contributed by atoms with Gasteiger partial charge in [-0.05, 0) is 55.8 Å². The van der Waals surface area contributed by atoms with Gasteiger partial charge in [-0.25, -0.2) is 9.97 Å². The lowest BCUT2D eigenvalue weighted by Crippen LogP contribution is -2.23. The van der Waals surface area contributed by atoms with Crippen LogP contribution in [0.25, 0.3) is 11.1 Å². The van der Waals surface area contributed by atoms with Gasteiger partial charge in [0.05, 0.1) is 18.4 Å². The zero-order valence-electron chi connectivity index (χ0n) is 25.8. The Morgan fingerprint density at radius 3 is 2.31 bits per heavy atom. The third kappa shape index (κ3) is 6.03. The van der Waals surface area contributed by atoms with E-state index in [1.54, 1.807) is 105 Å². The second-order valence-corrected chi connectivity index (χ2v) is 10.3. The average molecular weight is 608 g/mol. The number of aromatic nitrogens is 4. The number of carbonyl (C=O) groups is 3. The molecule has 0 atom stereocenters. The number of anilines is 3. The maximum Gasteiger partial charge on any atom is 0.290 e. The Labute approximate surface area is 259 Å². The first-order valence-corrected chi connectivity index (χ1v) is 14.4. The molecule has 0 fully saturated rings. The Bertz CT molecular complexity index is 1990. The summed E-state index contributed by atoms with van der Waals surface area (Å²) in [4.78, 5) is 62.2. The van der Waals surface area contributed by atoms with Crippen LogP contribution in [-0.4, -0.2) is 37.0 Å². The van der Waals surface area contributed by atoms with Gasteiger partial charge in [0.1, 0.15) is 11.5 Å². The molecule has 0 saturated heterocycles. The number of benzene rings is 2. The van der Waals surface area contributed by atoms with Crippen molar-refractivity contribution in [1.29, 1.82) is 0 Å². The van der Waals surface area contributed by atoms with Crippen LogP contribution in [0.5, 0.6) is 0 Å². The summed E-state index contributed by atoms with van der Waals surface area (Å²) >= 11 is 0. The molecule has 1 aliphatic heterocycles. The highest BCUT2D eigenvalue weighted by atomic mass is 16.5. The van der Waals surface area contributed by atoms with Gasteiger partial charge < -0.3 is 24.6 Å². The van der Waals surface area contributed by atoms with Crippen LogP contribution in [0.15, 0.2) is 76.4 Å². The molecule has 0 aliphatic carbocycles. The number of rotatable bonds is 6. The molecule has 12 nitrogen and oxygen atoms in total. The highest BCUT2D eigenvalue weighted by Gasteiger charge is 2.33. The molecule has 5 aromatic rings. The molecule has 6 rings (SSSR count). The number of aryl methyl sites for hydroxylation is 4. The fourth-order valence-electron chi connectivity index (χ4n) is 5.15. The van der Waals surface area contributed by atoms with Gasteiger partial charge in [0.15, 0.2) is 5.82 Å². The fourth-order valence-corrected chi connectivity index (χ4v) is 5.15. The summed E-state index contributed by atoms with van der Waals surface area (Å²) in [6, 6.07) is 15.2. The summed E-state index contributed by atoms with van der Waals surface area (Å²) in [6.07, 6.45) is 3.25. The van der Waals surface area contributed by atoms with Gasteiger partial charge in [-0.15, -0.1) is 0 Å². The third-order valence-corrected chi connectivity index (χ3v) is 7.18. The maximum absolute atomic E-state index is 13.5. The van der Waals surface area contributed by atoms with Crippen LogP contribution >= 0.6 is 0 Å². The minimum Gasteiger partial charge on any atom is -0.381 e. The fraction of sp³-hybridized carbons (Fsp3) is 0.212. The molecule has 0 unspecified atom stereocenters. The molecule has 3 aromatic heterocycles. The molecule has 230 valence electrons. The van der Waals surface area contributed by atoms with Crippen LogP contribution in [-0.2, 0) is 20.6 Å². The number of hydrogen-bond acceptors (Lipinski definition) is 7. The van der Waals surface area contributed by atoms with Crippen molar-refractivity contribution in [3.05, 3.63) is 111 Å². The SMILES string of the molecule is CC.Cc1cc2c(c(C(=O)Nc3cccc(C(=O)Nc4cn(C)cn4)c3)n1)CN(c1ccc(-c3c(C)on(C)c3=O)cc1)C2=O. The van der Waals surface area contributed by atoms with Crippen molar-refractivity contribution in [3.8, 4) is 11.1 Å². The van der Waals surface area contributed by atoms with Crippen molar-refractivity contribution in [1.82, 2.24) is 19.3 Å². The molecule has 1 aliphatic rings. The van der Waals surface area contributed by atoms with E-state index < -0.39 is 5.91 Å². The molecule has 0 bridgehead atoms. The third-order valence-electron chi connectivity index (χ3n) is 7.18. The summed E-state index contributed by atoms with van der Waals surface area (Å²) in [5.41, 5.74) is 3.77. The lowest BCUT2D eigenvalue weighted by Gasteiger charge is -2.16. The number of nitrogens with one attached hydrogen (secondary N) is 2. The zero-order chi connectivity index (χ0) is 32.4. The van der Waals surface area contributed by atoms with Crippen LogP contribution in [0.4, 0.5) is 17.2 Å². The zero-order valence-corrected chi connectivity index (χ0v) is 25.8. The normalized spacial score (nSPS) is 12.0. The van der Waals surface area contributed by atoms with Gasteiger partial charge in [-0.1, -0.05) is 32.0 Å². The Hall–Kier alpha value is -5.78. The van der Waals surface area contributed by atoms with Gasteiger partial charge in [-0.3, -0.25) is 19.2 Å². The predicted octanol–water partition coefficient (Wildman–Crippen LogP) is 5.08.